The van der Waals surface area contributed by atoms with Crippen molar-refractivity contribution in [3.05, 3.63) is 0 Å². The Balaban J connectivity index is 3.19. The minimum absolute atomic E-state index is 0.109. The van der Waals surface area contributed by atoms with Gasteiger partial charge >= 0.3 is 5.97 Å². The Bertz CT molecular complexity index is 335. The van der Waals surface area contributed by atoms with E-state index in [0.717, 1.165) is 25.7 Å². The third kappa shape index (κ3) is 18.7. The molecule has 5 heteroatoms. The number of unbranched alkanes of at least 4 members (excludes halogenated alkanes) is 14. The number of aliphatic hydroxyl groups is 2. The average molecular weight is 403 g/mol. The summed E-state index contributed by atoms with van der Waals surface area (Å²) < 4.78 is 5.22. The molecule has 0 radical (unpaired) electrons. The maximum Gasteiger partial charge on any atom is 0.332 e. The smallest absolute Gasteiger partial charge is 0.332 e. The van der Waals surface area contributed by atoms with Crippen molar-refractivity contribution >= 4 is 5.97 Å². The van der Waals surface area contributed by atoms with Crippen molar-refractivity contribution in [3.63, 3.8) is 0 Å². The molecule has 0 heterocycles. The van der Waals surface area contributed by atoms with Gasteiger partial charge in [-0.15, -0.1) is 0 Å². The second-order valence-electron chi connectivity index (χ2n) is 8.00. The molecule has 0 fully saturated rings. The fraction of sp³-hybridized carbons (Fsp3) is 0.957. The maximum absolute atomic E-state index is 11.0. The van der Waals surface area contributed by atoms with Crippen LogP contribution in [0.2, 0.25) is 0 Å². The van der Waals surface area contributed by atoms with Gasteiger partial charge in [0.15, 0.2) is 6.10 Å². The third-order valence-electron chi connectivity index (χ3n) is 5.36. The first-order chi connectivity index (χ1) is 13.6. The van der Waals surface area contributed by atoms with Gasteiger partial charge in [0.25, 0.3) is 0 Å². The first kappa shape index (κ1) is 27.4. The van der Waals surface area contributed by atoms with Crippen molar-refractivity contribution in [3.8, 4) is 0 Å². The van der Waals surface area contributed by atoms with Crippen LogP contribution in [0.25, 0.3) is 0 Å². The van der Waals surface area contributed by atoms with E-state index in [9.17, 15) is 9.90 Å². The van der Waals surface area contributed by atoms with E-state index >= 15 is 0 Å². The number of carboxylic acid groups (broad SMARTS) is 1. The molecule has 0 rings (SSSR count). The molecule has 168 valence electrons. The molecule has 28 heavy (non-hydrogen) atoms. The van der Waals surface area contributed by atoms with Gasteiger partial charge in [0, 0.05) is 6.61 Å². The normalized spacial score (nSPS) is 13.5. The summed E-state index contributed by atoms with van der Waals surface area (Å²) in [5.74, 6) is -0.834. The monoisotopic (exact) mass is 402 g/mol. The van der Waals surface area contributed by atoms with Gasteiger partial charge in [0.05, 0.1) is 12.7 Å². The molecule has 5 nitrogen and oxygen atoms in total. The highest BCUT2D eigenvalue weighted by atomic mass is 16.5. The fourth-order valence-corrected chi connectivity index (χ4v) is 3.58. The molecule has 0 aromatic heterocycles. The molecule has 0 aliphatic carbocycles. The first-order valence-electron chi connectivity index (χ1n) is 11.7. The van der Waals surface area contributed by atoms with Gasteiger partial charge in [-0.3, -0.25) is 0 Å². The minimum atomic E-state index is -0.834. The highest BCUT2D eigenvalue weighted by molar-refractivity contribution is 5.72. The molecule has 0 saturated carbocycles. The van der Waals surface area contributed by atoms with Crippen molar-refractivity contribution in [2.75, 3.05) is 13.2 Å². The molecule has 0 spiro atoms. The Morgan fingerprint density at radius 1 is 0.714 bits per heavy atom. The minimum Gasteiger partial charge on any atom is -0.479 e. The van der Waals surface area contributed by atoms with E-state index < -0.39 is 18.2 Å². The molecule has 2 unspecified atom stereocenters. The summed E-state index contributed by atoms with van der Waals surface area (Å²) in [6, 6.07) is 0. The molecular formula is C23H46O5. The van der Waals surface area contributed by atoms with E-state index in [-0.39, 0.29) is 6.61 Å². The quantitative estimate of drug-likeness (QED) is 0.209. The number of carbonyl (C=O) groups is 1. The molecule has 0 saturated heterocycles. The van der Waals surface area contributed by atoms with Crippen LogP contribution in [-0.4, -0.2) is 46.7 Å². The number of aliphatic carboxylic acids is 1. The van der Waals surface area contributed by atoms with Crippen molar-refractivity contribution < 1.29 is 24.9 Å². The van der Waals surface area contributed by atoms with Crippen LogP contribution in [-0.2, 0) is 9.53 Å². The van der Waals surface area contributed by atoms with Crippen LogP contribution in [0.3, 0.4) is 0 Å². The molecule has 2 atom stereocenters. The number of aliphatic hydroxyl groups excluding tert-OH is 2. The second-order valence-corrected chi connectivity index (χ2v) is 8.00. The van der Waals surface area contributed by atoms with Gasteiger partial charge in [-0.2, -0.15) is 0 Å². The van der Waals surface area contributed by atoms with E-state index in [1.165, 1.54) is 77.0 Å². The van der Waals surface area contributed by atoms with Crippen LogP contribution < -0.4 is 0 Å². The largest absolute Gasteiger partial charge is 0.479 e. The van der Waals surface area contributed by atoms with E-state index in [1.54, 1.807) is 0 Å². The lowest BCUT2D eigenvalue weighted by Gasteiger charge is -2.11. The Hall–Kier alpha value is -0.650. The maximum atomic E-state index is 11.0. The zero-order valence-corrected chi connectivity index (χ0v) is 18.2. The van der Waals surface area contributed by atoms with E-state index in [1.807, 2.05) is 6.92 Å². The molecule has 3 N–H and O–H groups in total. The standard InChI is InChI=1S/C23H46O5/c1-2-28-22(23(26)27)19-17-15-13-11-9-7-5-3-4-6-8-10-12-14-16-18-21(25)20-24/h21-22,24-25H,2-20H2,1H3,(H,26,27). The van der Waals surface area contributed by atoms with Gasteiger partial charge in [0.1, 0.15) is 0 Å². The lowest BCUT2D eigenvalue weighted by molar-refractivity contribution is -0.150. The van der Waals surface area contributed by atoms with E-state index in [2.05, 4.69) is 0 Å². The van der Waals surface area contributed by atoms with Crippen LogP contribution in [0.4, 0.5) is 0 Å². The number of rotatable bonds is 22. The predicted molar refractivity (Wildman–Crippen MR) is 115 cm³/mol. The number of ether oxygens (including phenoxy) is 1. The van der Waals surface area contributed by atoms with Crippen molar-refractivity contribution in [1.29, 1.82) is 0 Å². The van der Waals surface area contributed by atoms with Crippen LogP contribution in [0.5, 0.6) is 0 Å². The first-order valence-corrected chi connectivity index (χ1v) is 11.7. The topological polar surface area (TPSA) is 87.0 Å². The highest BCUT2D eigenvalue weighted by Gasteiger charge is 2.16. The van der Waals surface area contributed by atoms with Crippen LogP contribution in [0, 0.1) is 0 Å². The summed E-state index contributed by atoms with van der Waals surface area (Å²) in [7, 11) is 0. The second kappa shape index (κ2) is 21.1. The molecule has 0 aromatic carbocycles. The molecule has 0 amide bonds. The Kier molecular flexibility index (Phi) is 20.6. The van der Waals surface area contributed by atoms with E-state index in [0.29, 0.717) is 13.0 Å². The molecule has 0 bridgehead atoms. The van der Waals surface area contributed by atoms with Crippen LogP contribution in [0.15, 0.2) is 0 Å². The predicted octanol–water partition coefficient (Wildman–Crippen LogP) is 5.46. The summed E-state index contributed by atoms with van der Waals surface area (Å²) in [6.45, 7) is 2.19. The molecule has 0 aliphatic rings. The summed E-state index contributed by atoms with van der Waals surface area (Å²) in [5.41, 5.74) is 0. The summed E-state index contributed by atoms with van der Waals surface area (Å²) in [5, 5.41) is 27.0. The summed E-state index contributed by atoms with van der Waals surface area (Å²) >= 11 is 0. The highest BCUT2D eigenvalue weighted by Crippen LogP contribution is 2.15. The van der Waals surface area contributed by atoms with Gasteiger partial charge in [0.2, 0.25) is 0 Å². The van der Waals surface area contributed by atoms with Crippen molar-refractivity contribution in [1.82, 2.24) is 0 Å². The zero-order valence-electron chi connectivity index (χ0n) is 18.2. The Morgan fingerprint density at radius 2 is 1.07 bits per heavy atom. The Labute approximate surface area is 172 Å². The number of hydrogen-bond acceptors (Lipinski definition) is 4. The molecular weight excluding hydrogens is 356 g/mol. The van der Waals surface area contributed by atoms with Crippen LogP contribution in [0.1, 0.15) is 116 Å². The van der Waals surface area contributed by atoms with Gasteiger partial charge in [-0.05, 0) is 19.8 Å². The SMILES string of the molecule is CCOC(CCCCCCCCCCCCCCCCCC(O)CO)C(=O)O. The lowest BCUT2D eigenvalue weighted by Crippen LogP contribution is -2.23. The molecule has 0 aromatic rings. The van der Waals surface area contributed by atoms with Crippen molar-refractivity contribution in [2.45, 2.75) is 128 Å². The lowest BCUT2D eigenvalue weighted by atomic mass is 10.0. The van der Waals surface area contributed by atoms with Gasteiger partial charge in [-0.25, -0.2) is 4.79 Å². The van der Waals surface area contributed by atoms with Gasteiger partial charge < -0.3 is 20.1 Å². The average Bonchev–Trinajstić information content (AvgIpc) is 2.68. The summed E-state index contributed by atoms with van der Waals surface area (Å²) in [6.07, 6.45) is 18.8. The summed E-state index contributed by atoms with van der Waals surface area (Å²) in [4.78, 5) is 11.0. The molecule has 0 aliphatic heterocycles. The number of carboxylic acids is 1. The van der Waals surface area contributed by atoms with Crippen LogP contribution >= 0.6 is 0 Å². The van der Waals surface area contributed by atoms with E-state index in [4.69, 9.17) is 14.9 Å². The van der Waals surface area contributed by atoms with Gasteiger partial charge in [-0.1, -0.05) is 96.3 Å². The number of hydrogen-bond donors (Lipinski definition) is 3. The Morgan fingerprint density at radius 3 is 1.39 bits per heavy atom. The third-order valence-corrected chi connectivity index (χ3v) is 5.36. The fourth-order valence-electron chi connectivity index (χ4n) is 3.58. The zero-order chi connectivity index (χ0) is 20.9. The van der Waals surface area contributed by atoms with Crippen molar-refractivity contribution in [2.24, 2.45) is 0 Å².